The Hall–Kier alpha value is -1.18. The molecule has 0 spiro atoms. The summed E-state index contributed by atoms with van der Waals surface area (Å²) < 4.78 is 0.521. The SMILES string of the molecule is CC1(NC(=O)c2cc(Br)cc([N+](=O)[O-])c2)CCNCC1.Cl. The van der Waals surface area contributed by atoms with E-state index in [1.54, 1.807) is 6.07 Å². The third kappa shape index (κ3) is 4.66. The van der Waals surface area contributed by atoms with Gasteiger partial charge in [0.05, 0.1) is 4.92 Å². The minimum Gasteiger partial charge on any atom is -0.347 e. The molecule has 0 unspecified atom stereocenters. The van der Waals surface area contributed by atoms with Gasteiger partial charge in [-0.25, -0.2) is 0 Å². The number of nitrogens with one attached hydrogen (secondary N) is 2. The molecule has 1 aliphatic heterocycles. The van der Waals surface area contributed by atoms with Gasteiger partial charge in [0.2, 0.25) is 0 Å². The van der Waals surface area contributed by atoms with E-state index in [0.29, 0.717) is 10.0 Å². The number of hydrogen-bond donors (Lipinski definition) is 2. The van der Waals surface area contributed by atoms with E-state index in [4.69, 9.17) is 0 Å². The molecular formula is C13H17BrClN3O3. The fourth-order valence-corrected chi connectivity index (χ4v) is 2.74. The molecule has 1 fully saturated rings. The van der Waals surface area contributed by atoms with E-state index in [0.717, 1.165) is 25.9 Å². The summed E-state index contributed by atoms with van der Waals surface area (Å²) in [5, 5.41) is 17.0. The lowest BCUT2D eigenvalue weighted by molar-refractivity contribution is -0.385. The standard InChI is InChI=1S/C13H16BrN3O3.ClH/c1-13(2-4-15-5-3-13)16-12(18)9-6-10(14)8-11(7-9)17(19)20;/h6-8,15H,2-5H2,1H3,(H,16,18);1H. The maximum Gasteiger partial charge on any atom is 0.271 e. The van der Waals surface area contributed by atoms with Crippen molar-refractivity contribution < 1.29 is 9.72 Å². The maximum absolute atomic E-state index is 12.3. The first-order chi connectivity index (χ1) is 9.39. The summed E-state index contributed by atoms with van der Waals surface area (Å²) in [6.07, 6.45) is 1.68. The second-order valence-electron chi connectivity index (χ2n) is 5.22. The second kappa shape index (κ2) is 7.20. The molecule has 1 aliphatic rings. The summed E-state index contributed by atoms with van der Waals surface area (Å²) in [4.78, 5) is 22.6. The van der Waals surface area contributed by atoms with Crippen molar-refractivity contribution in [2.24, 2.45) is 0 Å². The smallest absolute Gasteiger partial charge is 0.271 e. The summed E-state index contributed by atoms with van der Waals surface area (Å²) in [5.41, 5.74) is -0.0646. The van der Waals surface area contributed by atoms with E-state index in [1.807, 2.05) is 6.92 Å². The zero-order chi connectivity index (χ0) is 14.8. The van der Waals surface area contributed by atoms with E-state index < -0.39 is 4.92 Å². The molecule has 0 radical (unpaired) electrons. The molecule has 0 aromatic heterocycles. The first kappa shape index (κ1) is 17.9. The number of piperidine rings is 1. The van der Waals surface area contributed by atoms with Crippen LogP contribution in [0.1, 0.15) is 30.1 Å². The summed E-state index contributed by atoms with van der Waals surface area (Å²) in [5.74, 6) is -0.279. The predicted octanol–water partition coefficient (Wildman–Crippen LogP) is 2.65. The molecule has 1 saturated heterocycles. The number of halogens is 2. The van der Waals surface area contributed by atoms with Crippen LogP contribution in [-0.4, -0.2) is 29.5 Å². The number of nitro groups is 1. The zero-order valence-corrected chi connectivity index (χ0v) is 13.9. The lowest BCUT2D eigenvalue weighted by atomic mass is 9.90. The van der Waals surface area contributed by atoms with Crippen LogP contribution in [0, 0.1) is 10.1 Å². The first-order valence-corrected chi connectivity index (χ1v) is 7.17. The van der Waals surface area contributed by atoms with Crippen LogP contribution in [0.25, 0.3) is 0 Å². The Bertz CT molecular complexity index is 547. The van der Waals surface area contributed by atoms with E-state index in [9.17, 15) is 14.9 Å². The van der Waals surface area contributed by atoms with Gasteiger partial charge in [-0.05, 0) is 38.9 Å². The van der Waals surface area contributed by atoms with Crippen molar-refractivity contribution in [3.05, 3.63) is 38.3 Å². The molecule has 0 bridgehead atoms. The molecule has 1 aromatic carbocycles. The Labute approximate surface area is 137 Å². The third-order valence-corrected chi connectivity index (χ3v) is 3.94. The van der Waals surface area contributed by atoms with Crippen LogP contribution in [0.5, 0.6) is 0 Å². The number of nitrogens with zero attached hydrogens (tertiary/aromatic N) is 1. The highest BCUT2D eigenvalue weighted by Gasteiger charge is 2.29. The molecule has 116 valence electrons. The van der Waals surface area contributed by atoms with Crippen LogP contribution in [0.3, 0.4) is 0 Å². The average Bonchev–Trinajstić information content (AvgIpc) is 2.38. The molecule has 21 heavy (non-hydrogen) atoms. The molecule has 2 rings (SSSR count). The van der Waals surface area contributed by atoms with Gasteiger partial charge in [-0.2, -0.15) is 0 Å². The topological polar surface area (TPSA) is 84.3 Å². The number of rotatable bonds is 3. The van der Waals surface area contributed by atoms with Crippen molar-refractivity contribution in [3.63, 3.8) is 0 Å². The van der Waals surface area contributed by atoms with Crippen molar-refractivity contribution in [3.8, 4) is 0 Å². The van der Waals surface area contributed by atoms with E-state index in [-0.39, 0.29) is 29.5 Å². The lowest BCUT2D eigenvalue weighted by Crippen LogP contribution is -2.52. The first-order valence-electron chi connectivity index (χ1n) is 6.38. The highest BCUT2D eigenvalue weighted by Crippen LogP contribution is 2.23. The van der Waals surface area contributed by atoms with Crippen LogP contribution >= 0.6 is 28.3 Å². The largest absolute Gasteiger partial charge is 0.347 e. The molecule has 0 aliphatic carbocycles. The van der Waals surface area contributed by atoms with Crippen molar-refractivity contribution in [2.75, 3.05) is 13.1 Å². The molecule has 1 aromatic rings. The fourth-order valence-electron chi connectivity index (χ4n) is 2.26. The molecule has 8 heteroatoms. The monoisotopic (exact) mass is 377 g/mol. The van der Waals surface area contributed by atoms with Crippen LogP contribution in [0.4, 0.5) is 5.69 Å². The lowest BCUT2D eigenvalue weighted by Gasteiger charge is -2.35. The van der Waals surface area contributed by atoms with Crippen molar-refractivity contribution in [2.45, 2.75) is 25.3 Å². The average molecular weight is 379 g/mol. The number of nitro benzene ring substituents is 1. The van der Waals surface area contributed by atoms with Gasteiger partial charge in [0.1, 0.15) is 0 Å². The molecular weight excluding hydrogens is 362 g/mol. The van der Waals surface area contributed by atoms with Gasteiger partial charge in [0.25, 0.3) is 11.6 Å². The van der Waals surface area contributed by atoms with Gasteiger partial charge < -0.3 is 10.6 Å². The fraction of sp³-hybridized carbons (Fsp3) is 0.462. The van der Waals surface area contributed by atoms with Crippen LogP contribution in [-0.2, 0) is 0 Å². The van der Waals surface area contributed by atoms with Gasteiger partial charge in [-0.3, -0.25) is 14.9 Å². The number of carbonyl (C=O) groups excluding carboxylic acids is 1. The third-order valence-electron chi connectivity index (χ3n) is 3.48. The molecule has 0 atom stereocenters. The van der Waals surface area contributed by atoms with Gasteiger partial charge in [-0.1, -0.05) is 15.9 Å². The van der Waals surface area contributed by atoms with Crippen LogP contribution < -0.4 is 10.6 Å². The molecule has 6 nitrogen and oxygen atoms in total. The Morgan fingerprint density at radius 1 is 1.38 bits per heavy atom. The molecule has 1 amide bonds. The molecule has 0 saturated carbocycles. The minimum absolute atomic E-state index is 0. The molecule has 2 N–H and O–H groups in total. The number of amides is 1. The normalized spacial score (nSPS) is 16.7. The number of benzene rings is 1. The summed E-state index contributed by atoms with van der Waals surface area (Å²) >= 11 is 3.19. The Morgan fingerprint density at radius 2 is 2.00 bits per heavy atom. The van der Waals surface area contributed by atoms with Crippen LogP contribution in [0.2, 0.25) is 0 Å². The van der Waals surface area contributed by atoms with Gasteiger partial charge in [-0.15, -0.1) is 12.4 Å². The van der Waals surface area contributed by atoms with Gasteiger partial charge in [0.15, 0.2) is 0 Å². The van der Waals surface area contributed by atoms with Crippen molar-refractivity contribution in [1.29, 1.82) is 0 Å². The van der Waals surface area contributed by atoms with Gasteiger partial charge in [0, 0.05) is 27.7 Å². The zero-order valence-electron chi connectivity index (χ0n) is 11.5. The summed E-state index contributed by atoms with van der Waals surface area (Å²) in [6, 6.07) is 4.26. The van der Waals surface area contributed by atoms with E-state index >= 15 is 0 Å². The van der Waals surface area contributed by atoms with Gasteiger partial charge >= 0.3 is 0 Å². The predicted molar refractivity (Wildman–Crippen MR) is 86.0 cm³/mol. The van der Waals surface area contributed by atoms with Crippen molar-refractivity contribution in [1.82, 2.24) is 10.6 Å². The van der Waals surface area contributed by atoms with Crippen molar-refractivity contribution >= 4 is 39.9 Å². The number of non-ortho nitro benzene ring substituents is 1. The number of carbonyl (C=O) groups is 1. The Kier molecular flexibility index (Phi) is 6.12. The summed E-state index contributed by atoms with van der Waals surface area (Å²) in [7, 11) is 0. The summed E-state index contributed by atoms with van der Waals surface area (Å²) in [6.45, 7) is 3.71. The number of hydrogen-bond acceptors (Lipinski definition) is 4. The maximum atomic E-state index is 12.3. The highest BCUT2D eigenvalue weighted by molar-refractivity contribution is 9.10. The Morgan fingerprint density at radius 3 is 2.57 bits per heavy atom. The minimum atomic E-state index is -0.506. The highest BCUT2D eigenvalue weighted by atomic mass is 79.9. The van der Waals surface area contributed by atoms with E-state index in [1.165, 1.54) is 12.1 Å². The van der Waals surface area contributed by atoms with E-state index in [2.05, 4.69) is 26.6 Å². The molecule has 1 heterocycles. The quantitative estimate of drug-likeness (QED) is 0.625. The van der Waals surface area contributed by atoms with Crippen LogP contribution in [0.15, 0.2) is 22.7 Å². The Balaban J connectivity index is 0.00000220. The second-order valence-corrected chi connectivity index (χ2v) is 6.14.